The number of rotatable bonds is 6. The number of anilines is 1. The lowest BCUT2D eigenvalue weighted by Crippen LogP contribution is -2.50. The monoisotopic (exact) mass is 501 g/mol. The summed E-state index contributed by atoms with van der Waals surface area (Å²) < 4.78 is 33.5. The van der Waals surface area contributed by atoms with Crippen molar-refractivity contribution in [3.63, 3.8) is 0 Å². The van der Waals surface area contributed by atoms with Crippen LogP contribution in [-0.4, -0.2) is 65.4 Å². The molecule has 0 aromatic carbocycles. The lowest BCUT2D eigenvalue weighted by atomic mass is 10.0. The van der Waals surface area contributed by atoms with E-state index >= 15 is 0 Å². The fourth-order valence-electron chi connectivity index (χ4n) is 4.95. The Morgan fingerprint density at radius 1 is 1.21 bits per heavy atom. The van der Waals surface area contributed by atoms with Crippen molar-refractivity contribution in [3.8, 4) is 0 Å². The van der Waals surface area contributed by atoms with Crippen LogP contribution in [0.3, 0.4) is 0 Å². The number of nitrogens with zero attached hydrogens (tertiary/aromatic N) is 7. The highest BCUT2D eigenvalue weighted by molar-refractivity contribution is 7.89. The smallest absolute Gasteiger partial charge is 0.228 e. The highest BCUT2D eigenvalue weighted by Gasteiger charge is 2.49. The standard InChI is InChI=1S/C22H27N7O3S2/c1-13(2)34(30,31)29-10-17-8-18(29)9-28(17)22-23-19-5-6-33-20(19)21(24-22)26-27-25-16-7-15(11-32-12-16)14-3-4-14/h5-6,11,13-14,17-18H,3-4,7-10,12H2,1-2H3/t17-,18-/m0/s1. The van der Waals surface area contributed by atoms with E-state index in [0.29, 0.717) is 37.4 Å². The molecule has 0 amide bonds. The van der Waals surface area contributed by atoms with Gasteiger partial charge in [0.15, 0.2) is 5.82 Å². The van der Waals surface area contributed by atoms with Gasteiger partial charge in [0.1, 0.15) is 6.61 Å². The number of piperazine rings is 1. The number of thiophene rings is 1. The molecular formula is C22H27N7O3S2. The Labute approximate surface area is 202 Å². The van der Waals surface area contributed by atoms with Crippen molar-refractivity contribution in [2.24, 2.45) is 21.4 Å². The number of fused-ring (bicyclic) bond motifs is 3. The second-order valence-electron chi connectivity index (χ2n) is 9.65. The second kappa shape index (κ2) is 8.35. The third-order valence-electron chi connectivity index (χ3n) is 6.96. The van der Waals surface area contributed by atoms with Gasteiger partial charge in [0, 0.05) is 31.6 Å². The molecule has 0 N–H and O–H groups in total. The van der Waals surface area contributed by atoms with E-state index in [-0.39, 0.29) is 12.1 Å². The van der Waals surface area contributed by atoms with Crippen LogP contribution < -0.4 is 4.90 Å². The zero-order chi connectivity index (χ0) is 23.4. The molecule has 10 nitrogen and oxygen atoms in total. The molecule has 0 unspecified atom stereocenters. The average Bonchev–Trinajstić information content (AvgIpc) is 3.23. The van der Waals surface area contributed by atoms with Crippen LogP contribution in [0.4, 0.5) is 11.8 Å². The fraction of sp³-hybridized carbons (Fsp3) is 0.591. The molecule has 2 aromatic rings. The van der Waals surface area contributed by atoms with Crippen LogP contribution in [0.2, 0.25) is 0 Å². The predicted molar refractivity (Wildman–Crippen MR) is 131 cm³/mol. The van der Waals surface area contributed by atoms with Gasteiger partial charge < -0.3 is 9.64 Å². The molecule has 3 aliphatic heterocycles. The maximum absolute atomic E-state index is 12.7. The van der Waals surface area contributed by atoms with E-state index in [4.69, 9.17) is 14.7 Å². The third-order valence-corrected chi connectivity index (χ3v) is 10.2. The predicted octanol–water partition coefficient (Wildman–Crippen LogP) is 3.85. The van der Waals surface area contributed by atoms with E-state index in [9.17, 15) is 8.42 Å². The number of hydrogen-bond donors (Lipinski definition) is 0. The molecule has 0 spiro atoms. The van der Waals surface area contributed by atoms with E-state index in [1.807, 2.05) is 17.7 Å². The molecule has 0 radical (unpaired) electrons. The van der Waals surface area contributed by atoms with Gasteiger partial charge in [-0.25, -0.2) is 13.4 Å². The first-order chi connectivity index (χ1) is 16.4. The van der Waals surface area contributed by atoms with E-state index < -0.39 is 15.3 Å². The topological polar surface area (TPSA) is 113 Å². The van der Waals surface area contributed by atoms with Gasteiger partial charge in [-0.3, -0.25) is 0 Å². The second-order valence-corrected chi connectivity index (χ2v) is 13.0. The molecule has 5 heterocycles. The minimum Gasteiger partial charge on any atom is -0.495 e. The molecule has 2 aromatic heterocycles. The maximum Gasteiger partial charge on any atom is 0.228 e. The van der Waals surface area contributed by atoms with Crippen LogP contribution in [0.5, 0.6) is 0 Å². The number of aromatic nitrogens is 2. The van der Waals surface area contributed by atoms with Crippen molar-refractivity contribution in [2.75, 3.05) is 24.6 Å². The van der Waals surface area contributed by atoms with Crippen LogP contribution in [0.25, 0.3) is 10.2 Å². The summed E-state index contributed by atoms with van der Waals surface area (Å²) >= 11 is 1.52. The molecule has 4 aliphatic rings. The number of ether oxygens (including phenoxy) is 1. The Balaban J connectivity index is 1.23. The molecule has 1 saturated carbocycles. The van der Waals surface area contributed by atoms with Crippen LogP contribution >= 0.6 is 11.3 Å². The van der Waals surface area contributed by atoms with E-state index in [1.165, 1.54) is 29.8 Å². The fourth-order valence-corrected chi connectivity index (χ4v) is 7.20. The Bertz CT molecular complexity index is 1310. The molecule has 6 rings (SSSR count). The zero-order valence-electron chi connectivity index (χ0n) is 19.2. The van der Waals surface area contributed by atoms with E-state index in [1.54, 1.807) is 18.2 Å². The van der Waals surface area contributed by atoms with Gasteiger partial charge in [-0.05, 0) is 61.3 Å². The van der Waals surface area contributed by atoms with Crippen LogP contribution in [-0.2, 0) is 14.8 Å². The number of hydrogen-bond acceptors (Lipinski definition) is 9. The molecule has 12 heteroatoms. The van der Waals surface area contributed by atoms with Crippen molar-refractivity contribution in [2.45, 2.75) is 56.9 Å². The van der Waals surface area contributed by atoms with Crippen molar-refractivity contribution in [3.05, 3.63) is 23.3 Å². The lowest BCUT2D eigenvalue weighted by molar-refractivity contribution is 0.286. The summed E-state index contributed by atoms with van der Waals surface area (Å²) in [5, 5.41) is 14.3. The molecule has 2 atom stereocenters. The minimum absolute atomic E-state index is 0.0457. The number of sulfonamides is 1. The molecule has 180 valence electrons. The van der Waals surface area contributed by atoms with Gasteiger partial charge in [0.05, 0.1) is 27.4 Å². The van der Waals surface area contributed by atoms with Gasteiger partial charge in [0.2, 0.25) is 16.0 Å². The highest BCUT2D eigenvalue weighted by Crippen LogP contribution is 2.40. The van der Waals surface area contributed by atoms with Crippen molar-refractivity contribution in [1.29, 1.82) is 0 Å². The molecule has 34 heavy (non-hydrogen) atoms. The van der Waals surface area contributed by atoms with Crippen LogP contribution in [0.15, 0.2) is 38.7 Å². The lowest BCUT2D eigenvalue weighted by Gasteiger charge is -2.34. The zero-order valence-corrected chi connectivity index (χ0v) is 20.8. The van der Waals surface area contributed by atoms with Crippen molar-refractivity contribution < 1.29 is 13.2 Å². The normalized spacial score (nSPS) is 26.9. The summed E-state index contributed by atoms with van der Waals surface area (Å²) in [6.45, 7) is 4.95. The molecule has 2 bridgehead atoms. The first kappa shape index (κ1) is 22.1. The Kier molecular flexibility index (Phi) is 5.41. The first-order valence-electron chi connectivity index (χ1n) is 11.7. The summed E-state index contributed by atoms with van der Waals surface area (Å²) in [5.41, 5.74) is 2.97. The van der Waals surface area contributed by atoms with Gasteiger partial charge >= 0.3 is 0 Å². The van der Waals surface area contributed by atoms with E-state index in [2.05, 4.69) is 20.3 Å². The quantitative estimate of drug-likeness (QED) is 0.439. The van der Waals surface area contributed by atoms with Crippen molar-refractivity contribution in [1.82, 2.24) is 14.3 Å². The molecule has 1 aliphatic carbocycles. The summed E-state index contributed by atoms with van der Waals surface area (Å²) in [6.07, 6.45) is 5.91. The molecule has 2 saturated heterocycles. The Morgan fingerprint density at radius 2 is 2.06 bits per heavy atom. The summed E-state index contributed by atoms with van der Waals surface area (Å²) in [6, 6.07) is 1.96. The Morgan fingerprint density at radius 3 is 2.79 bits per heavy atom. The highest BCUT2D eigenvalue weighted by atomic mass is 32.2. The van der Waals surface area contributed by atoms with Crippen LogP contribution in [0.1, 0.15) is 39.5 Å². The minimum atomic E-state index is -3.27. The first-order valence-corrected chi connectivity index (χ1v) is 14.1. The number of allylic oxidation sites excluding steroid dienone is 1. The SMILES string of the molecule is CC(C)S(=O)(=O)N1C[C@@H]2C[C@H]1CN2c1nc(N=NN=C2COC=C(C3CC3)C2)c2sccc2n1. The van der Waals surface area contributed by atoms with Gasteiger partial charge in [-0.2, -0.15) is 9.29 Å². The van der Waals surface area contributed by atoms with Gasteiger partial charge in [-0.1, -0.05) is 0 Å². The Hall–Kier alpha value is -2.44. The summed E-state index contributed by atoms with van der Waals surface area (Å²) in [7, 11) is -3.27. The average molecular weight is 502 g/mol. The maximum atomic E-state index is 12.7. The summed E-state index contributed by atoms with van der Waals surface area (Å²) in [5.74, 6) is 1.70. The largest absolute Gasteiger partial charge is 0.495 e. The summed E-state index contributed by atoms with van der Waals surface area (Å²) in [4.78, 5) is 11.6. The molecule has 3 fully saturated rings. The van der Waals surface area contributed by atoms with Crippen molar-refractivity contribution >= 4 is 49.1 Å². The van der Waals surface area contributed by atoms with Crippen LogP contribution in [0, 0.1) is 5.92 Å². The molecular weight excluding hydrogens is 474 g/mol. The van der Waals surface area contributed by atoms with E-state index in [0.717, 1.165) is 28.8 Å². The van der Waals surface area contributed by atoms with Gasteiger partial charge in [-0.15, -0.1) is 21.6 Å². The third kappa shape index (κ3) is 3.91. The van der Waals surface area contributed by atoms with Gasteiger partial charge in [0.25, 0.3) is 0 Å².